The third kappa shape index (κ3) is 2.99. The number of aromatic nitrogens is 1. The number of hydrogen-bond acceptors (Lipinski definition) is 5. The van der Waals surface area contributed by atoms with Gasteiger partial charge in [0.05, 0.1) is 21.6 Å². The molecule has 1 aromatic heterocycles. The van der Waals surface area contributed by atoms with Crippen LogP contribution in [-0.2, 0) is 9.84 Å². The van der Waals surface area contributed by atoms with Crippen molar-refractivity contribution in [3.05, 3.63) is 16.1 Å². The van der Waals surface area contributed by atoms with Gasteiger partial charge in [0, 0.05) is 13.1 Å². The average Bonchev–Trinajstić information content (AvgIpc) is 2.62. The quantitative estimate of drug-likeness (QED) is 0.894. The van der Waals surface area contributed by atoms with Gasteiger partial charge in [0.2, 0.25) is 0 Å². The van der Waals surface area contributed by atoms with Crippen molar-refractivity contribution in [1.29, 1.82) is 0 Å². The van der Waals surface area contributed by atoms with Crippen LogP contribution in [-0.4, -0.2) is 38.0 Å². The molecular formula is C10H13Cl2N3O2S. The number of sulfone groups is 1. The zero-order valence-corrected chi connectivity index (χ0v) is 12.0. The summed E-state index contributed by atoms with van der Waals surface area (Å²) in [7, 11) is -1.23. The monoisotopic (exact) mass is 309 g/mol. The van der Waals surface area contributed by atoms with E-state index in [1.54, 1.807) is 13.1 Å². The minimum absolute atomic E-state index is 0.114. The number of anilines is 2. The Morgan fingerprint density at radius 2 is 2.00 bits per heavy atom. The van der Waals surface area contributed by atoms with Crippen molar-refractivity contribution in [3.63, 3.8) is 0 Å². The SMILES string of the molecule is CNc1nc(NC2CCS(=O)(=O)C2)c(Cl)cc1Cl. The van der Waals surface area contributed by atoms with Gasteiger partial charge in [0.15, 0.2) is 9.84 Å². The standard InChI is InChI=1S/C10H13Cl2N3O2S/c1-13-9-7(11)4-8(12)10(15-9)14-6-2-3-18(16,17)5-6/h4,6H,2-3,5H2,1H3,(H2,13,14,15). The van der Waals surface area contributed by atoms with Crippen LogP contribution in [0.15, 0.2) is 6.07 Å². The summed E-state index contributed by atoms with van der Waals surface area (Å²) >= 11 is 12.0. The third-order valence-corrected chi connectivity index (χ3v) is 5.08. The summed E-state index contributed by atoms with van der Waals surface area (Å²) in [6.45, 7) is 0. The molecule has 5 nitrogen and oxygen atoms in total. The lowest BCUT2D eigenvalue weighted by Gasteiger charge is -2.14. The zero-order valence-electron chi connectivity index (χ0n) is 9.70. The number of halogens is 2. The van der Waals surface area contributed by atoms with Gasteiger partial charge in [-0.15, -0.1) is 0 Å². The van der Waals surface area contributed by atoms with E-state index in [0.717, 1.165) is 0 Å². The van der Waals surface area contributed by atoms with E-state index in [1.165, 1.54) is 0 Å². The van der Waals surface area contributed by atoms with E-state index in [2.05, 4.69) is 15.6 Å². The van der Waals surface area contributed by atoms with Crippen LogP contribution < -0.4 is 10.6 Å². The molecule has 0 amide bonds. The van der Waals surface area contributed by atoms with E-state index in [4.69, 9.17) is 23.2 Å². The summed E-state index contributed by atoms with van der Waals surface area (Å²) in [6.07, 6.45) is 0.567. The Morgan fingerprint density at radius 1 is 1.33 bits per heavy atom. The van der Waals surface area contributed by atoms with Gasteiger partial charge in [-0.1, -0.05) is 23.2 Å². The molecule has 0 bridgehead atoms. The molecule has 100 valence electrons. The molecular weight excluding hydrogens is 297 g/mol. The van der Waals surface area contributed by atoms with Crippen molar-refractivity contribution in [3.8, 4) is 0 Å². The summed E-state index contributed by atoms with van der Waals surface area (Å²) in [5.74, 6) is 1.27. The largest absolute Gasteiger partial charge is 0.372 e. The highest BCUT2D eigenvalue weighted by molar-refractivity contribution is 7.91. The molecule has 0 aromatic carbocycles. The van der Waals surface area contributed by atoms with Crippen LogP contribution in [0.5, 0.6) is 0 Å². The van der Waals surface area contributed by atoms with Gasteiger partial charge in [-0.25, -0.2) is 13.4 Å². The zero-order chi connectivity index (χ0) is 13.3. The molecule has 1 fully saturated rings. The van der Waals surface area contributed by atoms with Gasteiger partial charge in [0.1, 0.15) is 11.6 Å². The topological polar surface area (TPSA) is 71.1 Å². The first kappa shape index (κ1) is 13.7. The Bertz CT molecular complexity index is 562. The molecule has 18 heavy (non-hydrogen) atoms. The first-order chi connectivity index (χ1) is 8.41. The summed E-state index contributed by atoms with van der Waals surface area (Å²) in [4.78, 5) is 4.22. The third-order valence-electron chi connectivity index (χ3n) is 2.74. The molecule has 1 atom stereocenters. The van der Waals surface area contributed by atoms with Crippen LogP contribution in [0, 0.1) is 0 Å². The normalized spacial score (nSPS) is 21.8. The fraction of sp³-hybridized carbons (Fsp3) is 0.500. The van der Waals surface area contributed by atoms with Gasteiger partial charge in [-0.3, -0.25) is 0 Å². The van der Waals surface area contributed by atoms with Crippen molar-refractivity contribution in [1.82, 2.24) is 4.98 Å². The molecule has 2 heterocycles. The van der Waals surface area contributed by atoms with Crippen LogP contribution in [0.1, 0.15) is 6.42 Å². The molecule has 0 spiro atoms. The Morgan fingerprint density at radius 3 is 2.56 bits per heavy atom. The number of nitrogens with zero attached hydrogens (tertiary/aromatic N) is 1. The minimum atomic E-state index is -2.93. The average molecular weight is 310 g/mol. The Hall–Kier alpha value is -0.720. The first-order valence-electron chi connectivity index (χ1n) is 5.42. The summed E-state index contributed by atoms with van der Waals surface area (Å²) < 4.78 is 22.7. The van der Waals surface area contributed by atoms with Crippen LogP contribution >= 0.6 is 23.2 Å². The lowest BCUT2D eigenvalue weighted by molar-refractivity contribution is 0.602. The molecule has 1 unspecified atom stereocenters. The van der Waals surface area contributed by atoms with E-state index >= 15 is 0 Å². The van der Waals surface area contributed by atoms with Gasteiger partial charge < -0.3 is 10.6 Å². The Kier molecular flexibility index (Phi) is 3.89. The molecule has 0 saturated carbocycles. The second-order valence-corrected chi connectivity index (χ2v) is 7.19. The predicted molar refractivity (Wildman–Crippen MR) is 74.5 cm³/mol. The maximum absolute atomic E-state index is 11.4. The maximum atomic E-state index is 11.4. The fourth-order valence-corrected chi connectivity index (χ4v) is 4.03. The highest BCUT2D eigenvalue weighted by atomic mass is 35.5. The van der Waals surface area contributed by atoms with Gasteiger partial charge in [-0.2, -0.15) is 0 Å². The van der Waals surface area contributed by atoms with E-state index in [1.807, 2.05) is 0 Å². The number of pyridine rings is 1. The molecule has 1 aliphatic heterocycles. The molecule has 0 radical (unpaired) electrons. The molecule has 0 aliphatic carbocycles. The first-order valence-corrected chi connectivity index (χ1v) is 8.00. The van der Waals surface area contributed by atoms with E-state index in [-0.39, 0.29) is 17.5 Å². The van der Waals surface area contributed by atoms with Crippen molar-refractivity contribution in [2.24, 2.45) is 0 Å². The smallest absolute Gasteiger partial charge is 0.152 e. The fourth-order valence-electron chi connectivity index (χ4n) is 1.85. The molecule has 1 aromatic rings. The summed E-state index contributed by atoms with van der Waals surface area (Å²) in [5, 5.41) is 6.69. The van der Waals surface area contributed by atoms with Crippen molar-refractivity contribution in [2.75, 3.05) is 29.2 Å². The lowest BCUT2D eigenvalue weighted by atomic mass is 10.2. The predicted octanol–water partition coefficient (Wildman–Crippen LogP) is 2.03. The van der Waals surface area contributed by atoms with Crippen molar-refractivity contribution in [2.45, 2.75) is 12.5 Å². The molecule has 2 rings (SSSR count). The minimum Gasteiger partial charge on any atom is -0.372 e. The Balaban J connectivity index is 2.19. The highest BCUT2D eigenvalue weighted by Gasteiger charge is 2.28. The van der Waals surface area contributed by atoms with Crippen LogP contribution in [0.3, 0.4) is 0 Å². The van der Waals surface area contributed by atoms with E-state index in [0.29, 0.717) is 28.1 Å². The van der Waals surface area contributed by atoms with E-state index in [9.17, 15) is 8.42 Å². The molecule has 1 saturated heterocycles. The second-order valence-electron chi connectivity index (χ2n) is 4.14. The number of rotatable bonds is 3. The van der Waals surface area contributed by atoms with Crippen molar-refractivity contribution < 1.29 is 8.42 Å². The highest BCUT2D eigenvalue weighted by Crippen LogP contribution is 2.30. The molecule has 2 N–H and O–H groups in total. The number of nitrogens with one attached hydrogen (secondary N) is 2. The summed E-state index contributed by atoms with van der Waals surface area (Å²) in [6, 6.07) is 1.43. The van der Waals surface area contributed by atoms with E-state index < -0.39 is 9.84 Å². The number of hydrogen-bond donors (Lipinski definition) is 2. The second kappa shape index (κ2) is 5.11. The van der Waals surface area contributed by atoms with Crippen LogP contribution in [0.2, 0.25) is 10.0 Å². The van der Waals surface area contributed by atoms with Gasteiger partial charge in [-0.05, 0) is 12.5 Å². The Labute approximate surface area is 116 Å². The summed E-state index contributed by atoms with van der Waals surface area (Å²) in [5.41, 5.74) is 0. The van der Waals surface area contributed by atoms with Gasteiger partial charge >= 0.3 is 0 Å². The van der Waals surface area contributed by atoms with Crippen LogP contribution in [0.4, 0.5) is 11.6 Å². The maximum Gasteiger partial charge on any atom is 0.152 e. The molecule has 8 heteroatoms. The lowest BCUT2D eigenvalue weighted by Crippen LogP contribution is -2.21. The van der Waals surface area contributed by atoms with Gasteiger partial charge in [0.25, 0.3) is 0 Å². The van der Waals surface area contributed by atoms with Crippen molar-refractivity contribution >= 4 is 44.7 Å². The van der Waals surface area contributed by atoms with Crippen LogP contribution in [0.25, 0.3) is 0 Å². The molecule has 1 aliphatic rings.